The van der Waals surface area contributed by atoms with Crippen molar-refractivity contribution in [2.24, 2.45) is 5.73 Å². The largest absolute Gasteiger partial charge is 0.385 e. The molecule has 3 heteroatoms. The number of ether oxygens (including phenoxy) is 1. The van der Waals surface area contributed by atoms with Crippen LogP contribution < -0.4 is 5.73 Å². The summed E-state index contributed by atoms with van der Waals surface area (Å²) in [5.74, 6) is 1.11. The molecule has 1 unspecified atom stereocenters. The van der Waals surface area contributed by atoms with E-state index in [1.165, 1.54) is 10.5 Å². The summed E-state index contributed by atoms with van der Waals surface area (Å²) >= 11 is 1.88. The molecule has 0 fully saturated rings. The summed E-state index contributed by atoms with van der Waals surface area (Å²) < 4.78 is 5.03. The summed E-state index contributed by atoms with van der Waals surface area (Å²) in [6.07, 6.45) is 3.11. The Kier molecular flexibility index (Phi) is 7.33. The number of rotatable bonds is 8. The summed E-state index contributed by atoms with van der Waals surface area (Å²) in [6.45, 7) is 2.97. The lowest BCUT2D eigenvalue weighted by molar-refractivity contribution is 0.200. The van der Waals surface area contributed by atoms with Gasteiger partial charge in [-0.1, -0.05) is 19.1 Å². The van der Waals surface area contributed by atoms with Gasteiger partial charge in [-0.25, -0.2) is 0 Å². The molecule has 0 spiro atoms. The topological polar surface area (TPSA) is 35.2 Å². The third-order valence-corrected chi connectivity index (χ3v) is 3.81. The van der Waals surface area contributed by atoms with E-state index in [0.29, 0.717) is 0 Å². The normalized spacial score (nSPS) is 12.6. The Labute approximate surface area is 109 Å². The van der Waals surface area contributed by atoms with Gasteiger partial charge in [0.15, 0.2) is 0 Å². The van der Waals surface area contributed by atoms with Crippen molar-refractivity contribution < 1.29 is 4.74 Å². The quantitative estimate of drug-likeness (QED) is 0.571. The standard InChI is InChI=1S/C14H23NOS/c1-3-13(15)11-12-5-7-14(8-6-12)17-10-4-9-16-2/h5-8,13H,3-4,9-11,15H2,1-2H3. The fourth-order valence-electron chi connectivity index (χ4n) is 1.56. The summed E-state index contributed by atoms with van der Waals surface area (Å²) in [4.78, 5) is 1.33. The Balaban J connectivity index is 2.34. The highest BCUT2D eigenvalue weighted by Crippen LogP contribution is 2.19. The van der Waals surface area contributed by atoms with Gasteiger partial charge in [0.05, 0.1) is 0 Å². The van der Waals surface area contributed by atoms with Crippen LogP contribution in [0.2, 0.25) is 0 Å². The smallest absolute Gasteiger partial charge is 0.0470 e. The molecule has 1 aromatic carbocycles. The van der Waals surface area contributed by atoms with Crippen LogP contribution >= 0.6 is 11.8 Å². The molecule has 17 heavy (non-hydrogen) atoms. The molecule has 0 aliphatic carbocycles. The highest BCUT2D eigenvalue weighted by molar-refractivity contribution is 7.99. The number of hydrogen-bond donors (Lipinski definition) is 1. The van der Waals surface area contributed by atoms with Crippen molar-refractivity contribution >= 4 is 11.8 Å². The van der Waals surface area contributed by atoms with Gasteiger partial charge in [-0.3, -0.25) is 0 Å². The van der Waals surface area contributed by atoms with Gasteiger partial charge in [0.1, 0.15) is 0 Å². The van der Waals surface area contributed by atoms with Crippen LogP contribution in [0, 0.1) is 0 Å². The van der Waals surface area contributed by atoms with Crippen molar-refractivity contribution in [3.8, 4) is 0 Å². The first kappa shape index (κ1) is 14.6. The molecule has 96 valence electrons. The average Bonchev–Trinajstić information content (AvgIpc) is 2.36. The van der Waals surface area contributed by atoms with E-state index in [1.54, 1.807) is 7.11 Å². The predicted molar refractivity (Wildman–Crippen MR) is 75.6 cm³/mol. The third kappa shape index (κ3) is 6.10. The van der Waals surface area contributed by atoms with Crippen LogP contribution in [-0.2, 0) is 11.2 Å². The van der Waals surface area contributed by atoms with Crippen LogP contribution in [0.15, 0.2) is 29.2 Å². The first-order valence-electron chi connectivity index (χ1n) is 6.22. The molecule has 1 aromatic rings. The molecule has 0 heterocycles. The fraction of sp³-hybridized carbons (Fsp3) is 0.571. The van der Waals surface area contributed by atoms with Gasteiger partial charge in [-0.05, 0) is 37.0 Å². The zero-order valence-corrected chi connectivity index (χ0v) is 11.6. The zero-order chi connectivity index (χ0) is 12.5. The van der Waals surface area contributed by atoms with Gasteiger partial charge in [0, 0.05) is 30.4 Å². The van der Waals surface area contributed by atoms with Gasteiger partial charge in [0.2, 0.25) is 0 Å². The minimum atomic E-state index is 0.287. The number of thioether (sulfide) groups is 1. The maximum absolute atomic E-state index is 5.94. The maximum Gasteiger partial charge on any atom is 0.0470 e. The molecule has 1 atom stereocenters. The van der Waals surface area contributed by atoms with Crippen molar-refractivity contribution in [3.05, 3.63) is 29.8 Å². The Morgan fingerprint density at radius 3 is 2.59 bits per heavy atom. The summed E-state index contributed by atoms with van der Waals surface area (Å²) in [6, 6.07) is 9.04. The molecule has 0 aliphatic heterocycles. The van der Waals surface area contributed by atoms with Crippen LogP contribution in [0.5, 0.6) is 0 Å². The Bertz CT molecular complexity index is 300. The molecule has 0 radical (unpaired) electrons. The van der Waals surface area contributed by atoms with Crippen LogP contribution in [0.25, 0.3) is 0 Å². The van der Waals surface area contributed by atoms with Gasteiger partial charge in [-0.2, -0.15) is 0 Å². The highest BCUT2D eigenvalue weighted by atomic mass is 32.2. The van der Waals surface area contributed by atoms with Crippen molar-refractivity contribution in [1.29, 1.82) is 0 Å². The first-order valence-corrected chi connectivity index (χ1v) is 7.21. The Morgan fingerprint density at radius 2 is 2.00 bits per heavy atom. The van der Waals surface area contributed by atoms with Crippen LogP contribution in [0.3, 0.4) is 0 Å². The second-order valence-electron chi connectivity index (χ2n) is 4.21. The van der Waals surface area contributed by atoms with Crippen molar-refractivity contribution in [2.75, 3.05) is 19.5 Å². The Hall–Kier alpha value is -0.510. The summed E-state index contributed by atoms with van der Waals surface area (Å²) in [5.41, 5.74) is 7.27. The maximum atomic E-state index is 5.94. The average molecular weight is 253 g/mol. The van der Waals surface area contributed by atoms with E-state index in [4.69, 9.17) is 10.5 Å². The minimum absolute atomic E-state index is 0.287. The molecule has 0 aliphatic rings. The number of nitrogens with two attached hydrogens (primary N) is 1. The van der Waals surface area contributed by atoms with Gasteiger partial charge < -0.3 is 10.5 Å². The Morgan fingerprint density at radius 1 is 1.29 bits per heavy atom. The first-order chi connectivity index (χ1) is 8.26. The second-order valence-corrected chi connectivity index (χ2v) is 5.38. The fourth-order valence-corrected chi connectivity index (χ4v) is 2.39. The molecule has 0 aromatic heterocycles. The lowest BCUT2D eigenvalue weighted by atomic mass is 10.1. The third-order valence-electron chi connectivity index (χ3n) is 2.71. The van der Waals surface area contributed by atoms with Crippen LogP contribution in [-0.4, -0.2) is 25.5 Å². The van der Waals surface area contributed by atoms with Gasteiger partial charge in [0.25, 0.3) is 0 Å². The second kappa shape index (κ2) is 8.56. The predicted octanol–water partition coefficient (Wildman–Crippen LogP) is 3.10. The SMILES string of the molecule is CCC(N)Cc1ccc(SCCCOC)cc1. The molecule has 0 bridgehead atoms. The molecule has 0 amide bonds. The molecular weight excluding hydrogens is 230 g/mol. The van der Waals surface area contributed by atoms with E-state index < -0.39 is 0 Å². The van der Waals surface area contributed by atoms with E-state index in [-0.39, 0.29) is 6.04 Å². The van der Waals surface area contributed by atoms with E-state index >= 15 is 0 Å². The number of methoxy groups -OCH3 is 1. The lowest BCUT2D eigenvalue weighted by Crippen LogP contribution is -2.21. The molecular formula is C14H23NOS. The molecule has 2 nitrogen and oxygen atoms in total. The molecule has 1 rings (SSSR count). The van der Waals surface area contributed by atoms with Gasteiger partial charge in [-0.15, -0.1) is 11.8 Å². The minimum Gasteiger partial charge on any atom is -0.385 e. The monoisotopic (exact) mass is 253 g/mol. The van der Waals surface area contributed by atoms with Gasteiger partial charge >= 0.3 is 0 Å². The van der Waals surface area contributed by atoms with E-state index in [0.717, 1.165) is 31.6 Å². The van der Waals surface area contributed by atoms with E-state index in [1.807, 2.05) is 11.8 Å². The van der Waals surface area contributed by atoms with E-state index in [2.05, 4.69) is 31.2 Å². The van der Waals surface area contributed by atoms with Crippen molar-refractivity contribution in [1.82, 2.24) is 0 Å². The van der Waals surface area contributed by atoms with Crippen molar-refractivity contribution in [2.45, 2.75) is 37.1 Å². The summed E-state index contributed by atoms with van der Waals surface area (Å²) in [5, 5.41) is 0. The van der Waals surface area contributed by atoms with Crippen LogP contribution in [0.1, 0.15) is 25.3 Å². The van der Waals surface area contributed by atoms with E-state index in [9.17, 15) is 0 Å². The highest BCUT2D eigenvalue weighted by Gasteiger charge is 2.01. The number of hydrogen-bond acceptors (Lipinski definition) is 3. The molecule has 0 saturated carbocycles. The lowest BCUT2D eigenvalue weighted by Gasteiger charge is -2.09. The summed E-state index contributed by atoms with van der Waals surface area (Å²) in [7, 11) is 1.75. The molecule has 2 N–H and O–H groups in total. The van der Waals surface area contributed by atoms with Crippen LogP contribution in [0.4, 0.5) is 0 Å². The molecule has 0 saturated heterocycles. The zero-order valence-electron chi connectivity index (χ0n) is 10.8. The number of benzene rings is 1. The van der Waals surface area contributed by atoms with Crippen molar-refractivity contribution in [3.63, 3.8) is 0 Å².